The van der Waals surface area contributed by atoms with Gasteiger partial charge in [0.2, 0.25) is 0 Å². The summed E-state index contributed by atoms with van der Waals surface area (Å²) < 4.78 is 0. The number of carbonyl (C=O) groups excluding carboxylic acids is 1. The second-order valence-corrected chi connectivity index (χ2v) is 2.60. The van der Waals surface area contributed by atoms with E-state index < -0.39 is 0 Å². The molecule has 0 unspecified atom stereocenters. The summed E-state index contributed by atoms with van der Waals surface area (Å²) in [6.07, 6.45) is 7.41. The van der Waals surface area contributed by atoms with Crippen LogP contribution in [0, 0.1) is 0 Å². The summed E-state index contributed by atoms with van der Waals surface area (Å²) in [7, 11) is 0. The van der Waals surface area contributed by atoms with Crippen LogP contribution in [0.25, 0.3) is 0 Å². The lowest BCUT2D eigenvalue weighted by Crippen LogP contribution is -1.88. The number of hydrogen-bond acceptors (Lipinski definition) is 1. The maximum absolute atomic E-state index is 10.9. The van der Waals surface area contributed by atoms with E-state index in [1.165, 1.54) is 0 Å². The molecule has 0 aromatic rings. The Bertz CT molecular complexity index is 177. The molecule has 1 nitrogen and oxygen atoms in total. The maximum atomic E-state index is 10.9. The van der Waals surface area contributed by atoms with Crippen molar-refractivity contribution in [2.45, 2.75) is 25.7 Å². The largest absolute Gasteiger partial charge is 0.295 e. The number of rotatable bonds is 1. The summed E-state index contributed by atoms with van der Waals surface area (Å²) in [6, 6.07) is 0. The summed E-state index contributed by atoms with van der Waals surface area (Å²) in [5, 5.41) is 0. The minimum absolute atomic E-state index is 0.257. The minimum Gasteiger partial charge on any atom is -0.295 e. The lowest BCUT2D eigenvalue weighted by molar-refractivity contribution is -0.114. The van der Waals surface area contributed by atoms with Crippen LogP contribution in [0.1, 0.15) is 25.7 Å². The Morgan fingerprint density at radius 1 is 1.40 bits per heavy atom. The molecule has 0 saturated carbocycles. The fourth-order valence-corrected chi connectivity index (χ4v) is 1.14. The molecule has 0 saturated heterocycles. The van der Waals surface area contributed by atoms with Crippen LogP contribution >= 0.6 is 0 Å². The van der Waals surface area contributed by atoms with Gasteiger partial charge in [-0.1, -0.05) is 12.7 Å². The highest BCUT2D eigenvalue weighted by Gasteiger charge is 2.04. The Morgan fingerprint density at radius 2 is 2.10 bits per heavy atom. The molecule has 0 aromatic carbocycles. The molecule has 0 amide bonds. The Morgan fingerprint density at radius 3 is 2.80 bits per heavy atom. The topological polar surface area (TPSA) is 17.1 Å². The second kappa shape index (κ2) is 3.35. The fraction of sp³-hybridized carbons (Fsp3) is 0.444. The van der Waals surface area contributed by atoms with E-state index in [2.05, 4.69) is 6.58 Å². The van der Waals surface area contributed by atoms with Crippen molar-refractivity contribution in [3.63, 3.8) is 0 Å². The SMILES string of the molecule is C=CC1=CC(=O)CCCC1. The molecule has 0 fully saturated rings. The molecule has 0 aromatic heterocycles. The van der Waals surface area contributed by atoms with Crippen molar-refractivity contribution in [2.75, 3.05) is 0 Å². The van der Waals surface area contributed by atoms with Crippen molar-refractivity contribution < 1.29 is 4.79 Å². The van der Waals surface area contributed by atoms with Crippen LogP contribution in [0.5, 0.6) is 0 Å². The molecule has 0 bridgehead atoms. The first kappa shape index (κ1) is 7.26. The Balaban J connectivity index is 2.67. The molecule has 1 heteroatoms. The van der Waals surface area contributed by atoms with Gasteiger partial charge in [-0.25, -0.2) is 0 Å². The normalized spacial score (nSPS) is 19.6. The van der Waals surface area contributed by atoms with Gasteiger partial charge in [0.15, 0.2) is 5.78 Å². The molecular weight excluding hydrogens is 124 g/mol. The molecule has 0 radical (unpaired) electrons. The molecule has 1 aliphatic carbocycles. The highest BCUT2D eigenvalue weighted by molar-refractivity contribution is 5.90. The average Bonchev–Trinajstić information content (AvgIpc) is 2.13. The van der Waals surface area contributed by atoms with Crippen LogP contribution in [0.15, 0.2) is 24.3 Å². The zero-order valence-corrected chi connectivity index (χ0v) is 6.10. The predicted octanol–water partition coefficient (Wildman–Crippen LogP) is 2.24. The quantitative estimate of drug-likeness (QED) is 0.540. The fourth-order valence-electron chi connectivity index (χ4n) is 1.14. The van der Waals surface area contributed by atoms with Crippen LogP contribution in [-0.4, -0.2) is 5.78 Å². The molecule has 0 N–H and O–H groups in total. The summed E-state index contributed by atoms with van der Waals surface area (Å²) in [5.74, 6) is 0.257. The van der Waals surface area contributed by atoms with E-state index in [0.717, 1.165) is 31.3 Å². The monoisotopic (exact) mass is 136 g/mol. The molecular formula is C9H12O. The van der Waals surface area contributed by atoms with Gasteiger partial charge in [0.05, 0.1) is 0 Å². The Labute approximate surface area is 61.4 Å². The first-order chi connectivity index (χ1) is 4.83. The third kappa shape index (κ3) is 1.83. The van der Waals surface area contributed by atoms with Gasteiger partial charge in [-0.15, -0.1) is 0 Å². The average molecular weight is 136 g/mol. The zero-order valence-electron chi connectivity index (χ0n) is 6.10. The van der Waals surface area contributed by atoms with E-state index in [1.54, 1.807) is 12.2 Å². The van der Waals surface area contributed by atoms with E-state index in [-0.39, 0.29) is 5.78 Å². The number of carbonyl (C=O) groups is 1. The third-order valence-corrected chi connectivity index (χ3v) is 1.75. The standard InChI is InChI=1S/C9H12O/c1-2-8-5-3-4-6-9(10)7-8/h2,7H,1,3-6H2. The van der Waals surface area contributed by atoms with Crippen LogP contribution < -0.4 is 0 Å². The van der Waals surface area contributed by atoms with Gasteiger partial charge in [0.25, 0.3) is 0 Å². The lowest BCUT2D eigenvalue weighted by Gasteiger charge is -1.92. The van der Waals surface area contributed by atoms with Crippen LogP contribution in [0.2, 0.25) is 0 Å². The summed E-state index contributed by atoms with van der Waals surface area (Å²) in [5.41, 5.74) is 1.10. The minimum atomic E-state index is 0.257. The number of ketones is 1. The molecule has 54 valence electrons. The van der Waals surface area contributed by atoms with Crippen LogP contribution in [0.4, 0.5) is 0 Å². The van der Waals surface area contributed by atoms with Gasteiger partial charge in [-0.2, -0.15) is 0 Å². The summed E-state index contributed by atoms with van der Waals surface area (Å²) in [4.78, 5) is 10.9. The van der Waals surface area contributed by atoms with E-state index in [1.807, 2.05) is 0 Å². The molecule has 0 spiro atoms. The second-order valence-electron chi connectivity index (χ2n) is 2.60. The predicted molar refractivity (Wildman–Crippen MR) is 41.8 cm³/mol. The smallest absolute Gasteiger partial charge is 0.155 e. The number of allylic oxidation sites excluding steroid dienone is 3. The van der Waals surface area contributed by atoms with Crippen molar-refractivity contribution in [1.29, 1.82) is 0 Å². The van der Waals surface area contributed by atoms with Crippen LogP contribution in [0.3, 0.4) is 0 Å². The van der Waals surface area contributed by atoms with Crippen molar-refractivity contribution in [3.8, 4) is 0 Å². The van der Waals surface area contributed by atoms with E-state index >= 15 is 0 Å². The van der Waals surface area contributed by atoms with Crippen molar-refractivity contribution >= 4 is 5.78 Å². The first-order valence-electron chi connectivity index (χ1n) is 3.69. The zero-order chi connectivity index (χ0) is 7.40. The Hall–Kier alpha value is -0.850. The van der Waals surface area contributed by atoms with Crippen molar-refractivity contribution in [1.82, 2.24) is 0 Å². The Kier molecular flexibility index (Phi) is 2.43. The van der Waals surface area contributed by atoms with Gasteiger partial charge >= 0.3 is 0 Å². The molecule has 10 heavy (non-hydrogen) atoms. The molecule has 0 aliphatic heterocycles. The van der Waals surface area contributed by atoms with E-state index in [9.17, 15) is 4.79 Å². The molecule has 0 heterocycles. The molecule has 1 rings (SSSR count). The lowest BCUT2D eigenvalue weighted by atomic mass is 10.1. The van der Waals surface area contributed by atoms with Crippen molar-refractivity contribution in [3.05, 3.63) is 24.3 Å². The van der Waals surface area contributed by atoms with Gasteiger partial charge in [-0.05, 0) is 30.9 Å². The van der Waals surface area contributed by atoms with Gasteiger partial charge in [0.1, 0.15) is 0 Å². The van der Waals surface area contributed by atoms with E-state index in [0.29, 0.717) is 0 Å². The van der Waals surface area contributed by atoms with Gasteiger partial charge in [0, 0.05) is 6.42 Å². The van der Waals surface area contributed by atoms with E-state index in [4.69, 9.17) is 0 Å². The number of hydrogen-bond donors (Lipinski definition) is 0. The molecule has 1 aliphatic rings. The van der Waals surface area contributed by atoms with Gasteiger partial charge in [-0.3, -0.25) is 4.79 Å². The van der Waals surface area contributed by atoms with Gasteiger partial charge < -0.3 is 0 Å². The molecule has 0 atom stereocenters. The van der Waals surface area contributed by atoms with Crippen LogP contribution in [-0.2, 0) is 4.79 Å². The third-order valence-electron chi connectivity index (χ3n) is 1.75. The first-order valence-corrected chi connectivity index (χ1v) is 3.69. The summed E-state index contributed by atoms with van der Waals surface area (Å²) >= 11 is 0. The maximum Gasteiger partial charge on any atom is 0.155 e. The summed E-state index contributed by atoms with van der Waals surface area (Å²) in [6.45, 7) is 3.64. The van der Waals surface area contributed by atoms with Crippen molar-refractivity contribution in [2.24, 2.45) is 0 Å². The highest BCUT2D eigenvalue weighted by atomic mass is 16.1. The highest BCUT2D eigenvalue weighted by Crippen LogP contribution is 2.15.